The van der Waals surface area contributed by atoms with Crippen LogP contribution in [0.3, 0.4) is 0 Å². The molecule has 2 rings (SSSR count). The van der Waals surface area contributed by atoms with Crippen molar-refractivity contribution in [2.75, 3.05) is 13.2 Å². The average molecular weight is 234 g/mol. The van der Waals surface area contributed by atoms with E-state index in [-0.39, 0.29) is 12.4 Å². The van der Waals surface area contributed by atoms with Crippen molar-refractivity contribution in [1.29, 1.82) is 0 Å². The maximum Gasteiger partial charge on any atom is 0.124 e. The number of aliphatic hydroxyl groups excluding tert-OH is 1. The van der Waals surface area contributed by atoms with E-state index >= 15 is 0 Å². The lowest BCUT2D eigenvalue weighted by molar-refractivity contribution is 0.286. The van der Waals surface area contributed by atoms with Crippen LogP contribution in [0.2, 0.25) is 0 Å². The van der Waals surface area contributed by atoms with Gasteiger partial charge in [-0.1, -0.05) is 6.07 Å². The fourth-order valence-corrected chi connectivity index (χ4v) is 1.79. The van der Waals surface area contributed by atoms with Crippen molar-refractivity contribution in [3.05, 3.63) is 41.8 Å². The minimum absolute atomic E-state index is 0.162. The van der Waals surface area contributed by atoms with Gasteiger partial charge in [-0.2, -0.15) is 0 Å². The molecule has 0 amide bonds. The summed E-state index contributed by atoms with van der Waals surface area (Å²) in [5, 5.41) is 12.6. The number of rotatable bonds is 5. The smallest absolute Gasteiger partial charge is 0.124 e. The molecule has 0 aliphatic rings. The van der Waals surface area contributed by atoms with Crippen LogP contribution in [0.1, 0.15) is 12.0 Å². The Morgan fingerprint density at radius 1 is 1.35 bits per heavy atom. The van der Waals surface area contributed by atoms with Crippen molar-refractivity contribution in [2.45, 2.75) is 13.0 Å². The first-order chi connectivity index (χ1) is 8.31. The van der Waals surface area contributed by atoms with Gasteiger partial charge in [-0.25, -0.2) is 4.39 Å². The second-order valence-corrected chi connectivity index (χ2v) is 3.89. The SMILES string of the molecule is OCCCNCc1cc(F)cc2cccnc12. The Hall–Kier alpha value is -1.52. The van der Waals surface area contributed by atoms with Crippen LogP contribution in [0.5, 0.6) is 0 Å². The van der Waals surface area contributed by atoms with Gasteiger partial charge < -0.3 is 10.4 Å². The summed E-state index contributed by atoms with van der Waals surface area (Å²) in [6, 6.07) is 6.63. The van der Waals surface area contributed by atoms with Crippen molar-refractivity contribution in [1.82, 2.24) is 10.3 Å². The highest BCUT2D eigenvalue weighted by molar-refractivity contribution is 5.81. The molecule has 0 unspecified atom stereocenters. The summed E-state index contributed by atoms with van der Waals surface area (Å²) in [7, 11) is 0. The van der Waals surface area contributed by atoms with Gasteiger partial charge in [0.15, 0.2) is 0 Å². The van der Waals surface area contributed by atoms with Crippen molar-refractivity contribution in [3.8, 4) is 0 Å². The number of hydrogen-bond acceptors (Lipinski definition) is 3. The molecule has 2 aromatic rings. The number of nitrogens with one attached hydrogen (secondary N) is 1. The van der Waals surface area contributed by atoms with E-state index in [0.717, 1.165) is 16.5 Å². The topological polar surface area (TPSA) is 45.1 Å². The van der Waals surface area contributed by atoms with E-state index in [0.29, 0.717) is 19.5 Å². The standard InChI is InChI=1S/C13H15FN2O/c14-12-7-10-3-1-5-16-13(10)11(8-12)9-15-4-2-6-17/h1,3,5,7-8,15,17H,2,4,6,9H2. The molecule has 0 saturated heterocycles. The molecule has 1 heterocycles. The lowest BCUT2D eigenvalue weighted by Gasteiger charge is -2.07. The highest BCUT2D eigenvalue weighted by atomic mass is 19.1. The molecule has 0 spiro atoms. The van der Waals surface area contributed by atoms with Gasteiger partial charge in [0.25, 0.3) is 0 Å². The Kier molecular flexibility index (Phi) is 4.01. The zero-order valence-corrected chi connectivity index (χ0v) is 9.49. The molecular formula is C13H15FN2O. The van der Waals surface area contributed by atoms with Crippen molar-refractivity contribution in [2.24, 2.45) is 0 Å². The number of halogens is 1. The first-order valence-corrected chi connectivity index (χ1v) is 5.66. The number of nitrogens with zero attached hydrogens (tertiary/aromatic N) is 1. The number of hydrogen-bond donors (Lipinski definition) is 2. The Balaban J connectivity index is 2.20. The predicted octanol–water partition coefficient (Wildman–Crippen LogP) is 1.85. The third-order valence-corrected chi connectivity index (χ3v) is 2.58. The molecule has 0 aliphatic carbocycles. The summed E-state index contributed by atoms with van der Waals surface area (Å²) in [4.78, 5) is 4.27. The van der Waals surface area contributed by atoms with E-state index in [2.05, 4.69) is 10.3 Å². The quantitative estimate of drug-likeness (QED) is 0.776. The van der Waals surface area contributed by atoms with Crippen molar-refractivity contribution < 1.29 is 9.50 Å². The molecule has 0 fully saturated rings. The van der Waals surface area contributed by atoms with E-state index in [9.17, 15) is 4.39 Å². The molecule has 0 radical (unpaired) electrons. The number of fused-ring (bicyclic) bond motifs is 1. The van der Waals surface area contributed by atoms with E-state index in [4.69, 9.17) is 5.11 Å². The van der Waals surface area contributed by atoms with Crippen LogP contribution in [0, 0.1) is 5.82 Å². The van der Waals surface area contributed by atoms with Crippen LogP contribution < -0.4 is 5.32 Å². The van der Waals surface area contributed by atoms with E-state index in [1.54, 1.807) is 12.3 Å². The summed E-state index contributed by atoms with van der Waals surface area (Å²) >= 11 is 0. The second kappa shape index (κ2) is 5.70. The van der Waals surface area contributed by atoms with E-state index in [1.807, 2.05) is 6.07 Å². The van der Waals surface area contributed by atoms with Crippen LogP contribution >= 0.6 is 0 Å². The highest BCUT2D eigenvalue weighted by Gasteiger charge is 2.04. The molecule has 0 bridgehead atoms. The summed E-state index contributed by atoms with van der Waals surface area (Å²) < 4.78 is 13.4. The van der Waals surface area contributed by atoms with Crippen LogP contribution in [0.4, 0.5) is 4.39 Å². The van der Waals surface area contributed by atoms with Gasteiger partial charge in [0.2, 0.25) is 0 Å². The van der Waals surface area contributed by atoms with Gasteiger partial charge >= 0.3 is 0 Å². The molecule has 2 N–H and O–H groups in total. The summed E-state index contributed by atoms with van der Waals surface area (Å²) in [5.41, 5.74) is 1.67. The van der Waals surface area contributed by atoms with Crippen LogP contribution in [0.15, 0.2) is 30.5 Å². The Bertz CT molecular complexity index is 502. The van der Waals surface area contributed by atoms with Gasteiger partial charge in [0.05, 0.1) is 5.52 Å². The molecule has 0 aliphatic heterocycles. The second-order valence-electron chi connectivity index (χ2n) is 3.89. The molecule has 3 nitrogen and oxygen atoms in total. The summed E-state index contributed by atoms with van der Waals surface area (Å²) in [6.07, 6.45) is 2.40. The molecule has 90 valence electrons. The van der Waals surface area contributed by atoms with E-state index in [1.165, 1.54) is 12.1 Å². The third-order valence-electron chi connectivity index (χ3n) is 2.58. The fourth-order valence-electron chi connectivity index (χ4n) is 1.79. The minimum atomic E-state index is -0.246. The van der Waals surface area contributed by atoms with Gasteiger partial charge in [0, 0.05) is 24.7 Å². The Labute approximate surface area is 99.3 Å². The van der Waals surface area contributed by atoms with Crippen LogP contribution in [-0.2, 0) is 6.54 Å². The Morgan fingerprint density at radius 3 is 3.06 bits per heavy atom. The number of pyridine rings is 1. The first kappa shape index (κ1) is 12.0. The molecule has 0 saturated carbocycles. The van der Waals surface area contributed by atoms with Crippen LogP contribution in [-0.4, -0.2) is 23.2 Å². The molecular weight excluding hydrogens is 219 g/mol. The molecule has 1 aromatic heterocycles. The first-order valence-electron chi connectivity index (χ1n) is 5.66. The predicted molar refractivity (Wildman–Crippen MR) is 65.1 cm³/mol. The van der Waals surface area contributed by atoms with E-state index < -0.39 is 0 Å². The lowest BCUT2D eigenvalue weighted by Crippen LogP contribution is -2.16. The monoisotopic (exact) mass is 234 g/mol. The van der Waals surface area contributed by atoms with Crippen molar-refractivity contribution in [3.63, 3.8) is 0 Å². The van der Waals surface area contributed by atoms with Gasteiger partial charge in [0.1, 0.15) is 5.82 Å². The van der Waals surface area contributed by atoms with Crippen molar-refractivity contribution >= 4 is 10.9 Å². The number of aliphatic hydroxyl groups is 1. The summed E-state index contributed by atoms with van der Waals surface area (Å²) in [5.74, 6) is -0.246. The number of aromatic nitrogens is 1. The fraction of sp³-hybridized carbons (Fsp3) is 0.308. The maximum atomic E-state index is 13.4. The molecule has 1 aromatic carbocycles. The zero-order valence-electron chi connectivity index (χ0n) is 9.49. The maximum absolute atomic E-state index is 13.4. The molecule has 17 heavy (non-hydrogen) atoms. The minimum Gasteiger partial charge on any atom is -0.396 e. The van der Waals surface area contributed by atoms with Gasteiger partial charge in [-0.05, 0) is 36.7 Å². The normalized spacial score (nSPS) is 10.9. The number of benzene rings is 1. The largest absolute Gasteiger partial charge is 0.396 e. The molecule has 0 atom stereocenters. The Morgan fingerprint density at radius 2 is 2.24 bits per heavy atom. The average Bonchev–Trinajstić information content (AvgIpc) is 2.34. The highest BCUT2D eigenvalue weighted by Crippen LogP contribution is 2.18. The lowest BCUT2D eigenvalue weighted by atomic mass is 10.1. The summed E-state index contributed by atoms with van der Waals surface area (Å²) in [6.45, 7) is 1.43. The van der Waals surface area contributed by atoms with Gasteiger partial charge in [-0.15, -0.1) is 0 Å². The zero-order chi connectivity index (χ0) is 12.1. The van der Waals surface area contributed by atoms with Gasteiger partial charge in [-0.3, -0.25) is 4.98 Å². The van der Waals surface area contributed by atoms with Crippen LogP contribution in [0.25, 0.3) is 10.9 Å². The third kappa shape index (κ3) is 2.99. The molecule has 4 heteroatoms.